The lowest BCUT2D eigenvalue weighted by Gasteiger charge is -2.01. The van der Waals surface area contributed by atoms with E-state index < -0.39 is 14.9 Å². The highest BCUT2D eigenvalue weighted by atomic mass is 28.3. The van der Waals surface area contributed by atoms with E-state index >= 15 is 0 Å². The normalized spacial score (nSPS) is 17.9. The third-order valence-corrected chi connectivity index (χ3v) is 1.31. The van der Waals surface area contributed by atoms with Crippen molar-refractivity contribution in [2.24, 2.45) is 0 Å². The Morgan fingerprint density at radius 1 is 1.43 bits per heavy atom. The van der Waals surface area contributed by atoms with Crippen LogP contribution in [0.1, 0.15) is 11.0 Å². The fourth-order valence-electron chi connectivity index (χ4n) is 0.188. The summed E-state index contributed by atoms with van der Waals surface area (Å²) in [7, 11) is -1.49. The van der Waals surface area contributed by atoms with Crippen molar-refractivity contribution < 1.29 is 4.11 Å². The molecule has 7 heavy (non-hydrogen) atoms. The lowest BCUT2D eigenvalue weighted by atomic mass is 10.8. The lowest BCUT2D eigenvalue weighted by molar-refractivity contribution is 1.80. The SMILES string of the molecule is [2H]C([2H])([2H])C#C[Si](C)(C)C. The first kappa shape index (κ1) is 2.94. The van der Waals surface area contributed by atoms with Crippen LogP contribution >= 0.6 is 0 Å². The standard InChI is InChI=1S/C6H12Si/c1-5-6-7(2,3)4/h1-4H3/i1D3. The maximum absolute atomic E-state index is 6.79. The maximum Gasteiger partial charge on any atom is 0.129 e. The van der Waals surface area contributed by atoms with Crippen LogP contribution < -0.4 is 0 Å². The molecule has 0 aromatic heterocycles. The summed E-state index contributed by atoms with van der Waals surface area (Å²) in [4.78, 5) is 0. The van der Waals surface area contributed by atoms with Crippen molar-refractivity contribution in [1.82, 2.24) is 0 Å². The van der Waals surface area contributed by atoms with Crippen molar-refractivity contribution >= 4 is 8.07 Å². The lowest BCUT2D eigenvalue weighted by Crippen LogP contribution is -2.15. The van der Waals surface area contributed by atoms with Crippen molar-refractivity contribution in [2.75, 3.05) is 0 Å². The molecule has 0 radical (unpaired) electrons. The Morgan fingerprint density at radius 2 is 2.00 bits per heavy atom. The predicted octanol–water partition coefficient (Wildman–Crippen LogP) is 1.89. The number of hydrogen-bond acceptors (Lipinski definition) is 0. The van der Waals surface area contributed by atoms with E-state index in [1.54, 1.807) is 0 Å². The molecule has 0 saturated carbocycles. The Hall–Kier alpha value is -0.223. The molecular weight excluding hydrogens is 100 g/mol. The summed E-state index contributed by atoms with van der Waals surface area (Å²) in [5.74, 6) is 2.27. The zero-order valence-electron chi connectivity index (χ0n) is 8.00. The average molecular weight is 115 g/mol. The van der Waals surface area contributed by atoms with Gasteiger partial charge in [0.25, 0.3) is 0 Å². The van der Waals surface area contributed by atoms with Crippen molar-refractivity contribution in [1.29, 1.82) is 0 Å². The van der Waals surface area contributed by atoms with Crippen LogP contribution in [0.4, 0.5) is 0 Å². The van der Waals surface area contributed by atoms with Crippen molar-refractivity contribution in [2.45, 2.75) is 26.5 Å². The van der Waals surface area contributed by atoms with Crippen LogP contribution in [-0.4, -0.2) is 8.07 Å². The van der Waals surface area contributed by atoms with Gasteiger partial charge < -0.3 is 0 Å². The van der Waals surface area contributed by atoms with Gasteiger partial charge in [-0.25, -0.2) is 0 Å². The van der Waals surface area contributed by atoms with Gasteiger partial charge in [0.05, 0.1) is 0 Å². The van der Waals surface area contributed by atoms with E-state index in [2.05, 4.69) is 11.5 Å². The van der Waals surface area contributed by atoms with Crippen molar-refractivity contribution in [3.63, 3.8) is 0 Å². The summed E-state index contributed by atoms with van der Waals surface area (Å²) in [6.07, 6.45) is 0. The number of rotatable bonds is 0. The van der Waals surface area contributed by atoms with Crippen LogP contribution in [0.2, 0.25) is 19.6 Å². The number of hydrogen-bond donors (Lipinski definition) is 0. The van der Waals surface area contributed by atoms with Gasteiger partial charge in [-0.15, -0.1) is 11.5 Å². The molecule has 0 aliphatic carbocycles. The van der Waals surface area contributed by atoms with E-state index in [0.717, 1.165) is 0 Å². The Labute approximate surface area is 51.2 Å². The van der Waals surface area contributed by atoms with Crippen LogP contribution in [0.3, 0.4) is 0 Å². The van der Waals surface area contributed by atoms with Crippen LogP contribution in [-0.2, 0) is 0 Å². The molecule has 40 valence electrons. The quantitative estimate of drug-likeness (QED) is 0.334. The molecule has 0 nitrogen and oxygen atoms in total. The topological polar surface area (TPSA) is 0 Å². The van der Waals surface area contributed by atoms with Crippen LogP contribution in [0.15, 0.2) is 0 Å². The van der Waals surface area contributed by atoms with E-state index in [-0.39, 0.29) is 0 Å². The molecule has 0 atom stereocenters. The fraction of sp³-hybridized carbons (Fsp3) is 0.667. The van der Waals surface area contributed by atoms with E-state index in [4.69, 9.17) is 4.11 Å². The van der Waals surface area contributed by atoms with Crippen molar-refractivity contribution in [3.8, 4) is 11.5 Å². The zero-order chi connectivity index (χ0) is 8.41. The monoisotopic (exact) mass is 115 g/mol. The van der Waals surface area contributed by atoms with Crippen molar-refractivity contribution in [3.05, 3.63) is 0 Å². The van der Waals surface area contributed by atoms with E-state index in [1.807, 2.05) is 19.6 Å². The summed E-state index contributed by atoms with van der Waals surface area (Å²) in [6, 6.07) is 0. The maximum atomic E-state index is 6.79. The minimum Gasteiger partial charge on any atom is -0.132 e. The average Bonchev–Trinajstić information content (AvgIpc) is 1.57. The molecule has 0 heterocycles. The van der Waals surface area contributed by atoms with E-state index in [1.165, 1.54) is 0 Å². The molecule has 0 rings (SSSR count). The third-order valence-electron chi connectivity index (χ3n) is 0.438. The van der Waals surface area contributed by atoms with Gasteiger partial charge in [0.1, 0.15) is 8.07 Å². The minimum atomic E-state index is -2.07. The second-order valence-corrected chi connectivity index (χ2v) is 7.25. The highest BCUT2D eigenvalue weighted by Gasteiger charge is 2.05. The molecule has 0 unspecified atom stereocenters. The molecule has 0 fully saturated rings. The Kier molecular flexibility index (Phi) is 0.914. The zero-order valence-corrected chi connectivity index (χ0v) is 6.00. The fourth-order valence-corrected chi connectivity index (χ4v) is 0.562. The smallest absolute Gasteiger partial charge is 0.129 e. The van der Waals surface area contributed by atoms with E-state index in [0.29, 0.717) is 0 Å². The Balaban J connectivity index is 4.19. The summed E-state index contributed by atoms with van der Waals surface area (Å²) in [5, 5.41) is 0. The molecule has 0 amide bonds. The van der Waals surface area contributed by atoms with Crippen LogP contribution in [0.5, 0.6) is 0 Å². The second-order valence-electron chi connectivity index (χ2n) is 2.50. The first-order valence-corrected chi connectivity index (χ1v) is 5.75. The second kappa shape index (κ2) is 2.18. The van der Waals surface area contributed by atoms with E-state index in [9.17, 15) is 0 Å². The summed E-state index contributed by atoms with van der Waals surface area (Å²) in [6.45, 7) is 3.99. The van der Waals surface area contributed by atoms with Gasteiger partial charge in [-0.2, -0.15) is 0 Å². The Morgan fingerprint density at radius 3 is 2.14 bits per heavy atom. The largest absolute Gasteiger partial charge is 0.132 e. The first-order valence-electron chi connectivity index (χ1n) is 3.75. The van der Waals surface area contributed by atoms with Gasteiger partial charge in [0.15, 0.2) is 0 Å². The third kappa shape index (κ3) is 5.78. The molecule has 0 saturated heterocycles. The molecule has 0 aromatic carbocycles. The summed E-state index contributed by atoms with van der Waals surface area (Å²) < 4.78 is 20.4. The summed E-state index contributed by atoms with van der Waals surface area (Å²) >= 11 is 0. The molecule has 0 aromatic rings. The molecule has 1 heteroatoms. The van der Waals surface area contributed by atoms with Gasteiger partial charge >= 0.3 is 0 Å². The molecule has 0 bridgehead atoms. The first-order chi connectivity index (χ1) is 4.21. The molecule has 0 aliphatic rings. The minimum absolute atomic E-state index is 1.49. The van der Waals surface area contributed by atoms with Gasteiger partial charge in [0, 0.05) is 4.11 Å². The van der Waals surface area contributed by atoms with Gasteiger partial charge in [-0.05, 0) is 6.85 Å². The van der Waals surface area contributed by atoms with Crippen LogP contribution in [0.25, 0.3) is 0 Å². The Bertz CT molecular complexity index is 146. The highest BCUT2D eigenvalue weighted by molar-refractivity contribution is 6.83. The summed E-state index contributed by atoms with van der Waals surface area (Å²) in [5.41, 5.74) is 2.79. The molecular formula is C6H12Si. The van der Waals surface area contributed by atoms with Gasteiger partial charge in [0.2, 0.25) is 0 Å². The van der Waals surface area contributed by atoms with Gasteiger partial charge in [-0.1, -0.05) is 19.6 Å². The highest BCUT2D eigenvalue weighted by Crippen LogP contribution is 1.95. The van der Waals surface area contributed by atoms with Gasteiger partial charge in [-0.3, -0.25) is 0 Å². The molecule has 0 aliphatic heterocycles. The molecule has 0 spiro atoms. The van der Waals surface area contributed by atoms with Crippen LogP contribution in [0, 0.1) is 11.5 Å². The predicted molar refractivity (Wildman–Crippen MR) is 36.8 cm³/mol. The molecule has 0 N–H and O–H groups in total.